The lowest BCUT2D eigenvalue weighted by atomic mass is 10.2. The lowest BCUT2D eigenvalue weighted by molar-refractivity contribution is -0.128. The molecule has 0 aromatic carbocycles. The van der Waals surface area contributed by atoms with Crippen LogP contribution in [0.2, 0.25) is 0 Å². The third-order valence-electron chi connectivity index (χ3n) is 3.89. The molecular formula is C13H23N5O2. The molecule has 20 heavy (non-hydrogen) atoms. The van der Waals surface area contributed by atoms with Gasteiger partial charge in [-0.1, -0.05) is 0 Å². The standard InChI is InChI=1S/C13H23N5O2/c1-8-12(14)9(2)18(16-8)7-11(19)6-17-5-4-15-13(20)10(17)3/h10-11,19H,4-7,14H2,1-3H3,(H,15,20). The number of anilines is 1. The molecule has 2 rings (SSSR count). The fourth-order valence-corrected chi connectivity index (χ4v) is 2.50. The maximum absolute atomic E-state index is 11.6. The molecule has 112 valence electrons. The zero-order valence-electron chi connectivity index (χ0n) is 12.3. The van der Waals surface area contributed by atoms with E-state index >= 15 is 0 Å². The molecule has 0 aliphatic carbocycles. The molecule has 1 amide bonds. The van der Waals surface area contributed by atoms with Crippen LogP contribution in [0.5, 0.6) is 0 Å². The highest BCUT2D eigenvalue weighted by Crippen LogP contribution is 2.15. The van der Waals surface area contributed by atoms with Gasteiger partial charge in [-0.15, -0.1) is 0 Å². The van der Waals surface area contributed by atoms with Crippen LogP contribution in [0.15, 0.2) is 0 Å². The monoisotopic (exact) mass is 281 g/mol. The molecule has 0 saturated carbocycles. The number of aliphatic hydroxyl groups is 1. The van der Waals surface area contributed by atoms with E-state index in [9.17, 15) is 9.90 Å². The molecule has 1 aliphatic heterocycles. The van der Waals surface area contributed by atoms with E-state index in [2.05, 4.69) is 10.4 Å². The third kappa shape index (κ3) is 2.94. The minimum Gasteiger partial charge on any atom is -0.396 e. The molecular weight excluding hydrogens is 258 g/mol. The van der Waals surface area contributed by atoms with Gasteiger partial charge in [0, 0.05) is 19.6 Å². The van der Waals surface area contributed by atoms with Crippen LogP contribution in [0.4, 0.5) is 5.69 Å². The average molecular weight is 281 g/mol. The summed E-state index contributed by atoms with van der Waals surface area (Å²) in [6.45, 7) is 7.80. The number of hydrogen-bond acceptors (Lipinski definition) is 5. The normalized spacial score (nSPS) is 21.8. The highest BCUT2D eigenvalue weighted by molar-refractivity contribution is 5.81. The second-order valence-electron chi connectivity index (χ2n) is 5.38. The van der Waals surface area contributed by atoms with E-state index in [1.165, 1.54) is 0 Å². The van der Waals surface area contributed by atoms with Gasteiger partial charge in [0.2, 0.25) is 5.91 Å². The summed E-state index contributed by atoms with van der Waals surface area (Å²) in [6.07, 6.45) is -0.583. The Bertz CT molecular complexity index is 499. The SMILES string of the molecule is Cc1nn(CC(O)CN2CCNC(=O)C2C)c(C)c1N. The minimum absolute atomic E-state index is 0.0128. The fourth-order valence-electron chi connectivity index (χ4n) is 2.50. The lowest BCUT2D eigenvalue weighted by Gasteiger charge is -2.34. The van der Waals surface area contributed by atoms with Crippen LogP contribution >= 0.6 is 0 Å². The van der Waals surface area contributed by atoms with Crippen LogP contribution in [0.3, 0.4) is 0 Å². The molecule has 1 aromatic heterocycles. The summed E-state index contributed by atoms with van der Waals surface area (Å²) in [5, 5.41) is 17.3. The summed E-state index contributed by atoms with van der Waals surface area (Å²) in [4.78, 5) is 13.6. The number of carbonyl (C=O) groups excluding carboxylic acids is 1. The van der Waals surface area contributed by atoms with E-state index in [-0.39, 0.29) is 11.9 Å². The lowest BCUT2D eigenvalue weighted by Crippen LogP contribution is -2.55. The van der Waals surface area contributed by atoms with Crippen LogP contribution in [0.1, 0.15) is 18.3 Å². The molecule has 2 heterocycles. The largest absolute Gasteiger partial charge is 0.396 e. The van der Waals surface area contributed by atoms with Gasteiger partial charge in [0.15, 0.2) is 0 Å². The van der Waals surface area contributed by atoms with Crippen LogP contribution in [0.25, 0.3) is 0 Å². The van der Waals surface area contributed by atoms with E-state index in [0.29, 0.717) is 25.3 Å². The minimum atomic E-state index is -0.583. The summed E-state index contributed by atoms with van der Waals surface area (Å²) < 4.78 is 1.73. The predicted octanol–water partition coefficient (Wildman–Crippen LogP) is -0.737. The molecule has 1 saturated heterocycles. The number of aliphatic hydroxyl groups excluding tert-OH is 1. The van der Waals surface area contributed by atoms with E-state index < -0.39 is 6.10 Å². The van der Waals surface area contributed by atoms with Crippen molar-refractivity contribution in [3.8, 4) is 0 Å². The number of carbonyl (C=O) groups is 1. The number of aryl methyl sites for hydroxylation is 1. The first-order valence-electron chi connectivity index (χ1n) is 6.89. The third-order valence-corrected chi connectivity index (χ3v) is 3.89. The van der Waals surface area contributed by atoms with E-state index in [1.54, 1.807) is 4.68 Å². The first-order valence-corrected chi connectivity index (χ1v) is 6.89. The van der Waals surface area contributed by atoms with Crippen molar-refractivity contribution in [1.29, 1.82) is 0 Å². The Hall–Kier alpha value is -1.60. The van der Waals surface area contributed by atoms with Crippen molar-refractivity contribution in [1.82, 2.24) is 20.0 Å². The Balaban J connectivity index is 1.96. The first-order chi connectivity index (χ1) is 9.40. The van der Waals surface area contributed by atoms with Gasteiger partial charge in [0.05, 0.1) is 35.8 Å². The average Bonchev–Trinajstić information content (AvgIpc) is 2.63. The topological polar surface area (TPSA) is 96.4 Å². The molecule has 0 spiro atoms. The molecule has 0 radical (unpaired) electrons. The van der Waals surface area contributed by atoms with Gasteiger partial charge in [-0.3, -0.25) is 14.4 Å². The van der Waals surface area contributed by atoms with Crippen LogP contribution < -0.4 is 11.1 Å². The van der Waals surface area contributed by atoms with E-state index in [0.717, 1.165) is 17.9 Å². The van der Waals surface area contributed by atoms with Crippen molar-refractivity contribution < 1.29 is 9.90 Å². The van der Waals surface area contributed by atoms with Gasteiger partial charge >= 0.3 is 0 Å². The molecule has 0 bridgehead atoms. The highest BCUT2D eigenvalue weighted by atomic mass is 16.3. The molecule has 2 atom stereocenters. The first kappa shape index (κ1) is 14.8. The maximum atomic E-state index is 11.6. The predicted molar refractivity (Wildman–Crippen MR) is 76.2 cm³/mol. The number of amides is 1. The number of hydrogen-bond donors (Lipinski definition) is 3. The quantitative estimate of drug-likeness (QED) is 0.676. The Morgan fingerprint density at radius 1 is 1.50 bits per heavy atom. The van der Waals surface area contributed by atoms with Gasteiger partial charge in [0.25, 0.3) is 0 Å². The van der Waals surface area contributed by atoms with Crippen molar-refractivity contribution in [2.45, 2.75) is 39.5 Å². The Labute approximate surface area is 118 Å². The zero-order valence-corrected chi connectivity index (χ0v) is 12.3. The molecule has 7 heteroatoms. The van der Waals surface area contributed by atoms with Gasteiger partial charge in [0.1, 0.15) is 0 Å². The van der Waals surface area contributed by atoms with Crippen LogP contribution in [-0.4, -0.2) is 57.5 Å². The number of piperazine rings is 1. The van der Waals surface area contributed by atoms with Crippen LogP contribution in [-0.2, 0) is 11.3 Å². The Morgan fingerprint density at radius 2 is 2.20 bits per heavy atom. The van der Waals surface area contributed by atoms with Crippen molar-refractivity contribution in [2.24, 2.45) is 0 Å². The summed E-state index contributed by atoms with van der Waals surface area (Å²) in [5.41, 5.74) is 8.19. The van der Waals surface area contributed by atoms with Crippen LogP contribution in [0, 0.1) is 13.8 Å². The van der Waals surface area contributed by atoms with E-state index in [1.807, 2.05) is 25.7 Å². The summed E-state index contributed by atoms with van der Waals surface area (Å²) in [5.74, 6) is 0.0128. The molecule has 1 aromatic rings. The summed E-state index contributed by atoms with van der Waals surface area (Å²) >= 11 is 0. The second kappa shape index (κ2) is 5.80. The summed E-state index contributed by atoms with van der Waals surface area (Å²) in [6, 6.07) is -0.205. The maximum Gasteiger partial charge on any atom is 0.237 e. The number of β-amino-alcohol motifs (C(OH)–C–C–N with tert-alkyl or cyclic N) is 1. The zero-order chi connectivity index (χ0) is 14.9. The Morgan fingerprint density at radius 3 is 2.80 bits per heavy atom. The van der Waals surface area contributed by atoms with Gasteiger partial charge < -0.3 is 16.2 Å². The second-order valence-corrected chi connectivity index (χ2v) is 5.38. The van der Waals surface area contributed by atoms with E-state index in [4.69, 9.17) is 5.73 Å². The van der Waals surface area contributed by atoms with Crippen molar-refractivity contribution in [2.75, 3.05) is 25.4 Å². The Kier molecular flexibility index (Phi) is 4.29. The molecule has 7 nitrogen and oxygen atoms in total. The van der Waals surface area contributed by atoms with Gasteiger partial charge in [-0.05, 0) is 20.8 Å². The fraction of sp³-hybridized carbons (Fsp3) is 0.692. The number of aromatic nitrogens is 2. The number of nitrogens with zero attached hydrogens (tertiary/aromatic N) is 3. The molecule has 1 fully saturated rings. The molecule has 1 aliphatic rings. The smallest absolute Gasteiger partial charge is 0.237 e. The van der Waals surface area contributed by atoms with Gasteiger partial charge in [-0.2, -0.15) is 5.10 Å². The highest BCUT2D eigenvalue weighted by Gasteiger charge is 2.27. The van der Waals surface area contributed by atoms with Crippen molar-refractivity contribution in [3.63, 3.8) is 0 Å². The van der Waals surface area contributed by atoms with Crippen molar-refractivity contribution >= 4 is 11.6 Å². The molecule has 2 unspecified atom stereocenters. The number of nitrogens with one attached hydrogen (secondary N) is 1. The van der Waals surface area contributed by atoms with Crippen molar-refractivity contribution in [3.05, 3.63) is 11.4 Å². The van der Waals surface area contributed by atoms with Gasteiger partial charge in [-0.25, -0.2) is 0 Å². The number of rotatable bonds is 4. The summed E-state index contributed by atoms with van der Waals surface area (Å²) in [7, 11) is 0. The molecule has 4 N–H and O–H groups in total. The number of nitrogens with two attached hydrogens (primary N) is 1. The number of nitrogen functional groups attached to an aromatic ring is 1.